The number of aromatic hydroxyl groups is 1. The number of benzene rings is 2. The van der Waals surface area contributed by atoms with Gasteiger partial charge in [-0.25, -0.2) is 9.79 Å². The Morgan fingerprint density at radius 2 is 2.00 bits per heavy atom. The minimum Gasteiger partial charge on any atom is -0.507 e. The second-order valence-corrected chi connectivity index (χ2v) is 8.58. The highest BCUT2D eigenvalue weighted by atomic mass is 32.1. The maximum absolute atomic E-state index is 13.6. The molecule has 35 heavy (non-hydrogen) atoms. The van der Waals surface area contributed by atoms with Crippen LogP contribution in [0.15, 0.2) is 63.5 Å². The van der Waals surface area contributed by atoms with Gasteiger partial charge in [-0.2, -0.15) is 0 Å². The molecule has 2 aromatic carbocycles. The molecule has 1 N–H and O–H groups in total. The minimum atomic E-state index is -0.808. The molecule has 180 valence electrons. The molecule has 1 aromatic heterocycles. The number of carbonyl (C=O) groups is 1. The van der Waals surface area contributed by atoms with Crippen LogP contribution in [0.3, 0.4) is 0 Å². The van der Waals surface area contributed by atoms with E-state index in [1.807, 2.05) is 0 Å². The third-order valence-electron chi connectivity index (χ3n) is 5.46. The van der Waals surface area contributed by atoms with Crippen molar-refractivity contribution in [2.24, 2.45) is 4.99 Å². The molecule has 4 rings (SSSR count). The molecule has 0 amide bonds. The van der Waals surface area contributed by atoms with Crippen molar-refractivity contribution in [3.63, 3.8) is 0 Å². The minimum absolute atomic E-state index is 0.117. The van der Waals surface area contributed by atoms with E-state index in [1.54, 1.807) is 38.1 Å². The number of hydrogen-bond acceptors (Lipinski definition) is 9. The summed E-state index contributed by atoms with van der Waals surface area (Å²) in [5.41, 5.74) is 0.721. The van der Waals surface area contributed by atoms with Crippen molar-refractivity contribution >= 4 is 29.1 Å². The van der Waals surface area contributed by atoms with Crippen molar-refractivity contribution < 1.29 is 24.3 Å². The largest absolute Gasteiger partial charge is 0.507 e. The van der Waals surface area contributed by atoms with Crippen LogP contribution in [0, 0.1) is 10.1 Å². The fourth-order valence-corrected chi connectivity index (χ4v) is 4.84. The number of nitro benzene ring substituents is 1. The summed E-state index contributed by atoms with van der Waals surface area (Å²) in [7, 11) is 1.54. The van der Waals surface area contributed by atoms with Crippen molar-refractivity contribution in [2.75, 3.05) is 13.7 Å². The van der Waals surface area contributed by atoms with Gasteiger partial charge in [0, 0.05) is 17.7 Å². The quantitative estimate of drug-likeness (QED) is 0.315. The topological polar surface area (TPSA) is 133 Å². The maximum atomic E-state index is 13.6. The molecule has 1 aliphatic rings. The summed E-state index contributed by atoms with van der Waals surface area (Å²) < 4.78 is 12.1. The lowest BCUT2D eigenvalue weighted by Gasteiger charge is -2.24. The van der Waals surface area contributed by atoms with Crippen LogP contribution < -0.4 is 19.6 Å². The Hall–Kier alpha value is -4.25. The molecule has 11 heteroatoms. The Morgan fingerprint density at radius 3 is 2.63 bits per heavy atom. The van der Waals surface area contributed by atoms with Crippen molar-refractivity contribution in [3.05, 3.63) is 94.7 Å². The average Bonchev–Trinajstić information content (AvgIpc) is 3.14. The van der Waals surface area contributed by atoms with E-state index in [4.69, 9.17) is 9.47 Å². The highest BCUT2D eigenvalue weighted by molar-refractivity contribution is 7.07. The first kappa shape index (κ1) is 23.9. The van der Waals surface area contributed by atoms with Crippen LogP contribution in [0.25, 0.3) is 6.08 Å². The van der Waals surface area contributed by atoms with Crippen LogP contribution in [0.1, 0.15) is 31.0 Å². The average molecular weight is 496 g/mol. The lowest BCUT2D eigenvalue weighted by atomic mass is 9.96. The molecule has 2 heterocycles. The molecular weight excluding hydrogens is 474 g/mol. The molecule has 1 unspecified atom stereocenters. The van der Waals surface area contributed by atoms with Gasteiger partial charge in [-0.3, -0.25) is 19.5 Å². The Bertz CT molecular complexity index is 1530. The molecule has 0 fully saturated rings. The Labute approximate surface area is 202 Å². The number of rotatable bonds is 6. The fourth-order valence-electron chi connectivity index (χ4n) is 3.81. The summed E-state index contributed by atoms with van der Waals surface area (Å²) >= 11 is 1.05. The van der Waals surface area contributed by atoms with Gasteiger partial charge < -0.3 is 14.6 Å². The van der Waals surface area contributed by atoms with Crippen molar-refractivity contribution in [1.29, 1.82) is 0 Å². The number of ether oxygens (including phenoxy) is 2. The number of fused-ring (bicyclic) bond motifs is 1. The number of hydrogen-bond donors (Lipinski definition) is 1. The van der Waals surface area contributed by atoms with Gasteiger partial charge in [-0.05, 0) is 43.7 Å². The van der Waals surface area contributed by atoms with Crippen molar-refractivity contribution in [1.82, 2.24) is 4.57 Å². The summed E-state index contributed by atoms with van der Waals surface area (Å²) in [5, 5.41) is 21.4. The third-order valence-corrected chi connectivity index (χ3v) is 6.44. The van der Waals surface area contributed by atoms with E-state index in [0.29, 0.717) is 21.8 Å². The number of thiazole rings is 1. The zero-order valence-electron chi connectivity index (χ0n) is 19.0. The number of non-ortho nitro benzene ring substituents is 1. The van der Waals surface area contributed by atoms with Gasteiger partial charge in [-0.15, -0.1) is 0 Å². The monoisotopic (exact) mass is 495 g/mol. The van der Waals surface area contributed by atoms with E-state index in [1.165, 1.54) is 36.0 Å². The summed E-state index contributed by atoms with van der Waals surface area (Å²) in [5.74, 6) is -0.183. The van der Waals surface area contributed by atoms with E-state index in [2.05, 4.69) is 4.99 Å². The number of methoxy groups -OCH3 is 1. The standard InChI is InChI=1S/C24H21N3O7S/c1-4-34-23(30)20-13(2)25-24-26(21(20)14-5-8-17(33-3)9-6-14)22(29)19(35-24)12-15-11-16(27(31)32)7-10-18(15)28/h5-12,21,28H,4H2,1-3H3. The summed E-state index contributed by atoms with van der Waals surface area (Å²) in [4.78, 5) is 41.8. The highest BCUT2D eigenvalue weighted by Gasteiger charge is 2.33. The summed E-state index contributed by atoms with van der Waals surface area (Å²) in [6, 6.07) is 9.71. The maximum Gasteiger partial charge on any atom is 0.338 e. The smallest absolute Gasteiger partial charge is 0.338 e. The molecule has 3 aromatic rings. The van der Waals surface area contributed by atoms with Gasteiger partial charge in [-0.1, -0.05) is 23.5 Å². The highest BCUT2D eigenvalue weighted by Crippen LogP contribution is 2.31. The van der Waals surface area contributed by atoms with Crippen LogP contribution >= 0.6 is 11.3 Å². The Kier molecular flexibility index (Phi) is 6.52. The second-order valence-electron chi connectivity index (χ2n) is 7.58. The van der Waals surface area contributed by atoms with Crippen molar-refractivity contribution in [3.8, 4) is 11.5 Å². The van der Waals surface area contributed by atoms with Crippen LogP contribution in [0.4, 0.5) is 5.69 Å². The van der Waals surface area contributed by atoms with Gasteiger partial charge in [0.25, 0.3) is 11.2 Å². The SMILES string of the molecule is CCOC(=O)C1=C(C)N=c2sc(=Cc3cc([N+](=O)[O-])ccc3O)c(=O)n2C1c1ccc(OC)cc1. The number of phenolic OH excluding ortho intramolecular Hbond substituents is 1. The zero-order valence-corrected chi connectivity index (χ0v) is 19.9. The Balaban J connectivity index is 1.95. The predicted octanol–water partition coefficient (Wildman–Crippen LogP) is 2.42. The second kappa shape index (κ2) is 9.55. The number of esters is 1. The molecule has 1 aliphatic heterocycles. The molecule has 10 nitrogen and oxygen atoms in total. The molecule has 0 aliphatic carbocycles. The number of nitro groups is 1. The lowest BCUT2D eigenvalue weighted by molar-refractivity contribution is -0.384. The van der Waals surface area contributed by atoms with Crippen molar-refractivity contribution in [2.45, 2.75) is 19.9 Å². The zero-order chi connectivity index (χ0) is 25.3. The van der Waals surface area contributed by atoms with E-state index in [9.17, 15) is 24.8 Å². The number of aromatic nitrogens is 1. The van der Waals surface area contributed by atoms with E-state index >= 15 is 0 Å². The number of nitrogens with zero attached hydrogens (tertiary/aromatic N) is 3. The normalized spacial score (nSPS) is 15.4. The first-order valence-electron chi connectivity index (χ1n) is 10.6. The van der Waals surface area contributed by atoms with Gasteiger partial charge >= 0.3 is 5.97 Å². The summed E-state index contributed by atoms with van der Waals surface area (Å²) in [6.07, 6.45) is 1.38. The van der Waals surface area contributed by atoms with Gasteiger partial charge in [0.15, 0.2) is 4.80 Å². The van der Waals surface area contributed by atoms with Gasteiger partial charge in [0.05, 0.1) is 40.5 Å². The number of carbonyl (C=O) groups excluding carboxylic acids is 1. The van der Waals surface area contributed by atoms with Gasteiger partial charge in [0.1, 0.15) is 11.5 Å². The predicted molar refractivity (Wildman–Crippen MR) is 128 cm³/mol. The molecular formula is C24H21N3O7S. The number of phenols is 1. The summed E-state index contributed by atoms with van der Waals surface area (Å²) in [6.45, 7) is 3.52. The molecule has 0 saturated carbocycles. The van der Waals surface area contributed by atoms with Crippen LogP contribution in [-0.2, 0) is 9.53 Å². The Morgan fingerprint density at radius 1 is 1.29 bits per heavy atom. The lowest BCUT2D eigenvalue weighted by Crippen LogP contribution is -2.39. The van der Waals surface area contributed by atoms with Crippen LogP contribution in [-0.4, -0.2) is 34.3 Å². The fraction of sp³-hybridized carbons (Fsp3) is 0.208. The van der Waals surface area contributed by atoms with Crippen LogP contribution in [0.5, 0.6) is 11.5 Å². The molecule has 0 radical (unpaired) electrons. The van der Waals surface area contributed by atoms with E-state index < -0.39 is 22.5 Å². The molecule has 1 atom stereocenters. The van der Waals surface area contributed by atoms with E-state index in [0.717, 1.165) is 11.3 Å². The molecule has 0 spiro atoms. The third kappa shape index (κ3) is 4.45. The van der Waals surface area contributed by atoms with Gasteiger partial charge in [0.2, 0.25) is 0 Å². The number of allylic oxidation sites excluding steroid dienone is 1. The first-order chi connectivity index (χ1) is 16.7. The molecule has 0 bridgehead atoms. The molecule has 0 saturated heterocycles. The first-order valence-corrected chi connectivity index (χ1v) is 11.4. The van der Waals surface area contributed by atoms with Crippen LogP contribution in [0.2, 0.25) is 0 Å². The van der Waals surface area contributed by atoms with E-state index in [-0.39, 0.29) is 33.7 Å².